The number of aromatic nitrogens is 1. The lowest BCUT2D eigenvalue weighted by molar-refractivity contribution is -0.118. The van der Waals surface area contributed by atoms with Crippen LogP contribution in [-0.2, 0) is 11.3 Å². The molecule has 7 nitrogen and oxygen atoms in total. The predicted molar refractivity (Wildman–Crippen MR) is 126 cm³/mol. The summed E-state index contributed by atoms with van der Waals surface area (Å²) >= 11 is 12.1. The van der Waals surface area contributed by atoms with E-state index in [2.05, 4.69) is 15.6 Å². The van der Waals surface area contributed by atoms with E-state index in [9.17, 15) is 9.59 Å². The van der Waals surface area contributed by atoms with Crippen LogP contribution in [0.25, 0.3) is 0 Å². The highest BCUT2D eigenvalue weighted by Gasteiger charge is 2.17. The van der Waals surface area contributed by atoms with E-state index >= 15 is 0 Å². The van der Waals surface area contributed by atoms with E-state index < -0.39 is 5.91 Å². The molecule has 0 aliphatic heterocycles. The molecule has 1 heterocycles. The maximum atomic E-state index is 12.6. The van der Waals surface area contributed by atoms with Crippen molar-refractivity contribution in [3.63, 3.8) is 0 Å². The van der Waals surface area contributed by atoms with Gasteiger partial charge in [-0.05, 0) is 42.0 Å². The van der Waals surface area contributed by atoms with Crippen LogP contribution in [0.4, 0.5) is 5.69 Å². The van der Waals surface area contributed by atoms with E-state index in [1.807, 2.05) is 6.07 Å². The molecule has 0 saturated heterocycles. The summed E-state index contributed by atoms with van der Waals surface area (Å²) in [6.45, 7) is 0.0710. The van der Waals surface area contributed by atoms with Crippen molar-refractivity contribution in [2.75, 3.05) is 19.0 Å². The summed E-state index contributed by atoms with van der Waals surface area (Å²) < 4.78 is 10.7. The Morgan fingerprint density at radius 3 is 2.50 bits per heavy atom. The van der Waals surface area contributed by atoms with Gasteiger partial charge in [0.1, 0.15) is 11.5 Å². The van der Waals surface area contributed by atoms with E-state index in [1.54, 1.807) is 42.7 Å². The number of carbonyl (C=O) groups excluding carboxylic acids is 2. The molecule has 2 amide bonds. The highest BCUT2D eigenvalue weighted by Crippen LogP contribution is 2.31. The zero-order valence-corrected chi connectivity index (χ0v) is 19.3. The highest BCUT2D eigenvalue weighted by molar-refractivity contribution is 6.34. The Balaban J connectivity index is 0.00000363. The number of nitrogens with zero attached hydrogens (tertiary/aromatic N) is 1. The third-order valence-corrected chi connectivity index (χ3v) is 4.73. The number of carbonyl (C=O) groups is 2. The van der Waals surface area contributed by atoms with Gasteiger partial charge in [-0.25, -0.2) is 0 Å². The van der Waals surface area contributed by atoms with Crippen LogP contribution in [0.1, 0.15) is 15.9 Å². The summed E-state index contributed by atoms with van der Waals surface area (Å²) in [4.78, 5) is 28.8. The van der Waals surface area contributed by atoms with Crippen LogP contribution in [-0.4, -0.2) is 30.5 Å². The summed E-state index contributed by atoms with van der Waals surface area (Å²) in [7, 11) is 1.43. The number of anilines is 1. The predicted octanol–water partition coefficient (Wildman–Crippen LogP) is 4.77. The molecule has 32 heavy (non-hydrogen) atoms. The summed E-state index contributed by atoms with van der Waals surface area (Å²) in [5.41, 5.74) is 1.39. The van der Waals surface area contributed by atoms with E-state index in [0.717, 1.165) is 5.56 Å². The van der Waals surface area contributed by atoms with Gasteiger partial charge in [-0.2, -0.15) is 0 Å². The second-order valence-electron chi connectivity index (χ2n) is 6.37. The quantitative estimate of drug-likeness (QED) is 0.469. The lowest BCUT2D eigenvalue weighted by Crippen LogP contribution is -2.24. The molecule has 0 bridgehead atoms. The average molecular weight is 497 g/mol. The SMILES string of the molecule is COc1cc(NC(=O)COc2ccc(Cl)cc2)c(Cl)cc1C(=O)NCc1cccnc1.Cl. The fourth-order valence-electron chi connectivity index (χ4n) is 2.64. The van der Waals surface area contributed by atoms with Gasteiger partial charge in [-0.1, -0.05) is 29.3 Å². The van der Waals surface area contributed by atoms with Crippen molar-refractivity contribution in [3.8, 4) is 11.5 Å². The van der Waals surface area contributed by atoms with Crippen LogP contribution < -0.4 is 20.1 Å². The minimum atomic E-state index is -0.423. The zero-order chi connectivity index (χ0) is 22.2. The van der Waals surface area contributed by atoms with Crippen molar-refractivity contribution < 1.29 is 19.1 Å². The molecule has 0 atom stereocenters. The van der Waals surface area contributed by atoms with Gasteiger partial charge in [0, 0.05) is 30.0 Å². The van der Waals surface area contributed by atoms with Crippen molar-refractivity contribution in [3.05, 3.63) is 82.1 Å². The molecule has 0 radical (unpaired) electrons. The molecular weight excluding hydrogens is 477 g/mol. The Kier molecular flexibility index (Phi) is 9.59. The van der Waals surface area contributed by atoms with E-state index in [1.165, 1.54) is 19.2 Å². The molecule has 0 saturated carbocycles. The number of benzene rings is 2. The number of rotatable bonds is 8. The summed E-state index contributed by atoms with van der Waals surface area (Å²) in [5, 5.41) is 6.19. The third kappa shape index (κ3) is 7.02. The first kappa shape index (κ1) is 25.3. The maximum Gasteiger partial charge on any atom is 0.262 e. The first-order valence-electron chi connectivity index (χ1n) is 9.19. The monoisotopic (exact) mass is 495 g/mol. The van der Waals surface area contributed by atoms with Crippen molar-refractivity contribution in [2.45, 2.75) is 6.54 Å². The highest BCUT2D eigenvalue weighted by atomic mass is 35.5. The molecule has 2 N–H and O–H groups in total. The molecule has 168 valence electrons. The second-order valence-corrected chi connectivity index (χ2v) is 7.21. The van der Waals surface area contributed by atoms with Gasteiger partial charge in [0.25, 0.3) is 11.8 Å². The number of ether oxygens (including phenoxy) is 2. The smallest absolute Gasteiger partial charge is 0.262 e. The minimum absolute atomic E-state index is 0. The van der Waals surface area contributed by atoms with E-state index in [4.69, 9.17) is 32.7 Å². The van der Waals surface area contributed by atoms with Gasteiger partial charge < -0.3 is 20.1 Å². The Hall–Kier alpha value is -3.00. The first-order valence-corrected chi connectivity index (χ1v) is 9.94. The Bertz CT molecular complexity index is 1060. The third-order valence-electron chi connectivity index (χ3n) is 4.17. The zero-order valence-electron chi connectivity index (χ0n) is 16.9. The van der Waals surface area contributed by atoms with Crippen LogP contribution in [0.5, 0.6) is 11.5 Å². The molecular formula is C22H20Cl3N3O4. The minimum Gasteiger partial charge on any atom is -0.496 e. The fraction of sp³-hybridized carbons (Fsp3) is 0.136. The fourth-order valence-corrected chi connectivity index (χ4v) is 2.98. The molecule has 0 spiro atoms. The number of halogens is 3. The average Bonchev–Trinajstić information content (AvgIpc) is 2.79. The van der Waals surface area contributed by atoms with Crippen LogP contribution in [0, 0.1) is 0 Å². The molecule has 3 rings (SSSR count). The Labute approximate surface area is 201 Å². The van der Waals surface area contributed by atoms with Crippen LogP contribution in [0.2, 0.25) is 10.0 Å². The van der Waals surface area contributed by atoms with E-state index in [0.29, 0.717) is 23.0 Å². The van der Waals surface area contributed by atoms with E-state index in [-0.39, 0.29) is 41.3 Å². The van der Waals surface area contributed by atoms with Gasteiger partial charge >= 0.3 is 0 Å². The number of methoxy groups -OCH3 is 1. The van der Waals surface area contributed by atoms with Gasteiger partial charge in [0.2, 0.25) is 0 Å². The molecule has 0 aliphatic carbocycles. The summed E-state index contributed by atoms with van der Waals surface area (Å²) in [5.74, 6) is -0.0231. The maximum absolute atomic E-state index is 12.6. The number of hydrogen-bond donors (Lipinski definition) is 2. The number of amides is 2. The van der Waals surface area contributed by atoms with Crippen LogP contribution >= 0.6 is 35.6 Å². The van der Waals surface area contributed by atoms with Crippen molar-refractivity contribution >= 4 is 53.1 Å². The summed E-state index contributed by atoms with van der Waals surface area (Å²) in [6.07, 6.45) is 3.32. The molecule has 10 heteroatoms. The normalized spacial score (nSPS) is 9.97. The lowest BCUT2D eigenvalue weighted by Gasteiger charge is -2.14. The van der Waals surface area contributed by atoms with Crippen LogP contribution in [0.3, 0.4) is 0 Å². The molecule has 1 aromatic heterocycles. The largest absolute Gasteiger partial charge is 0.496 e. The van der Waals surface area contributed by atoms with Gasteiger partial charge in [-0.15, -0.1) is 12.4 Å². The topological polar surface area (TPSA) is 89.5 Å². The molecule has 0 aliphatic rings. The van der Waals surface area contributed by atoms with Crippen molar-refractivity contribution in [2.24, 2.45) is 0 Å². The van der Waals surface area contributed by atoms with Crippen molar-refractivity contribution in [1.29, 1.82) is 0 Å². The number of pyridine rings is 1. The Morgan fingerprint density at radius 2 is 1.84 bits per heavy atom. The van der Waals surface area contributed by atoms with Crippen LogP contribution in [0.15, 0.2) is 60.9 Å². The molecule has 2 aromatic carbocycles. The molecule has 3 aromatic rings. The second kappa shape index (κ2) is 12.1. The number of hydrogen-bond acceptors (Lipinski definition) is 5. The lowest BCUT2D eigenvalue weighted by atomic mass is 10.1. The first-order chi connectivity index (χ1) is 15.0. The molecule has 0 fully saturated rings. The van der Waals surface area contributed by atoms with Gasteiger partial charge in [-0.3, -0.25) is 14.6 Å². The van der Waals surface area contributed by atoms with Gasteiger partial charge in [0.15, 0.2) is 6.61 Å². The standard InChI is InChI=1S/C22H19Cl2N3O4.ClH/c1-30-20-10-19(27-21(28)13-31-16-6-4-15(23)5-7-16)18(24)9-17(20)22(29)26-12-14-3-2-8-25-11-14;/h2-11H,12-13H2,1H3,(H,26,29)(H,27,28);1H. The van der Waals surface area contributed by atoms with Crippen molar-refractivity contribution in [1.82, 2.24) is 10.3 Å². The summed E-state index contributed by atoms with van der Waals surface area (Å²) in [6, 6.07) is 13.2. The Morgan fingerprint density at radius 1 is 1.09 bits per heavy atom. The molecule has 0 unspecified atom stereocenters. The van der Waals surface area contributed by atoms with Gasteiger partial charge in [0.05, 0.1) is 23.4 Å². The number of nitrogens with one attached hydrogen (secondary N) is 2.